The molecule has 0 aromatic rings. The Morgan fingerprint density at radius 2 is 1.35 bits per heavy atom. The first kappa shape index (κ1) is 18.2. The molecule has 0 radical (unpaired) electrons. The third-order valence-corrected chi connectivity index (χ3v) is 2.37. The molecule has 0 spiro atoms. The molecule has 2 atom stereocenters. The molecule has 0 bridgehead atoms. The van der Waals surface area contributed by atoms with Gasteiger partial charge in [0.2, 0.25) is 0 Å². The summed E-state index contributed by atoms with van der Waals surface area (Å²) >= 11 is 4.35. The Morgan fingerprint density at radius 3 is 1.60 bits per heavy atom. The molecule has 0 rings (SSSR count). The van der Waals surface area contributed by atoms with Crippen LogP contribution in [0.2, 0.25) is 0 Å². The summed E-state index contributed by atoms with van der Waals surface area (Å²) in [5.74, 6) is -16.2. The van der Waals surface area contributed by atoms with Crippen molar-refractivity contribution in [2.24, 2.45) is 0 Å². The molecule has 0 aromatic heterocycles. The quantitative estimate of drug-likeness (QED) is 0.573. The molecule has 7 nitrogen and oxygen atoms in total. The number of hydrogen-bond acceptors (Lipinski definition) is 6. The summed E-state index contributed by atoms with van der Waals surface area (Å²) in [6.45, 7) is 0. The van der Waals surface area contributed by atoms with E-state index in [1.807, 2.05) is 9.88 Å². The Hall–Kier alpha value is -1.76. The summed E-state index contributed by atoms with van der Waals surface area (Å²) in [6, 6.07) is 0. The maximum atomic E-state index is 13.6. The van der Waals surface area contributed by atoms with Crippen molar-refractivity contribution in [2.75, 3.05) is 0 Å². The van der Waals surface area contributed by atoms with Crippen molar-refractivity contribution in [3.63, 3.8) is 0 Å². The summed E-state index contributed by atoms with van der Waals surface area (Å²) in [5.41, 5.74) is -5.56. The molecule has 2 unspecified atom stereocenters. The zero-order chi connectivity index (χ0) is 16.4. The fraction of sp³-hybridized carbons (Fsp3) is 0.500. The van der Waals surface area contributed by atoms with E-state index in [-0.39, 0.29) is 0 Å². The topological polar surface area (TPSA) is 99.1 Å². The van der Waals surface area contributed by atoms with Gasteiger partial charge < -0.3 is 5.11 Å². The van der Waals surface area contributed by atoms with Crippen molar-refractivity contribution in [1.29, 1.82) is 0 Å². The number of carbonyl (C=O) groups excluding carboxylic acids is 2. The van der Waals surface area contributed by atoms with Crippen LogP contribution < -0.4 is 0 Å². The molecule has 116 valence electrons. The van der Waals surface area contributed by atoms with Gasteiger partial charge >= 0.3 is 34.6 Å². The van der Waals surface area contributed by atoms with Crippen LogP contribution in [0.1, 0.15) is 0 Å². The molecule has 0 aromatic carbocycles. The molecule has 0 aliphatic heterocycles. The van der Waals surface area contributed by atoms with Crippen molar-refractivity contribution in [1.82, 2.24) is 0 Å². The summed E-state index contributed by atoms with van der Waals surface area (Å²) in [6.07, 6.45) is 0. The predicted molar refractivity (Wildman–Crippen MR) is 41.6 cm³/mol. The van der Waals surface area contributed by atoms with Gasteiger partial charge in [0.15, 0.2) is 0 Å². The van der Waals surface area contributed by atoms with E-state index in [0.717, 1.165) is 0 Å². The molecule has 1 N–H and O–H groups in total. The number of aliphatic carboxylic acids is 1. The molecule has 0 aliphatic carbocycles. The third-order valence-electron chi connectivity index (χ3n) is 1.95. The van der Waals surface area contributed by atoms with E-state index >= 15 is 0 Å². The molecule has 14 heteroatoms. The van der Waals surface area contributed by atoms with E-state index in [1.54, 1.807) is 0 Å². The second-order valence-electron chi connectivity index (χ2n) is 2.94. The van der Waals surface area contributed by atoms with Gasteiger partial charge in [0.05, 0.1) is 0 Å². The first-order valence-corrected chi connectivity index (χ1v) is 4.30. The minimum absolute atomic E-state index is 2.02. The average molecular weight is 335 g/mol. The monoisotopic (exact) mass is 334 g/mol. The van der Waals surface area contributed by atoms with Crippen LogP contribution in [0.4, 0.5) is 26.7 Å². The molecule has 0 amide bonds. The standard InChI is InChI=1S/C6HClF6O7/c7-5(8,3(17)19-12)4(20-13,2(16)18-11)6(9,10)1(14)15/h(H,14,15). The summed E-state index contributed by atoms with van der Waals surface area (Å²) in [7, 11) is 0. The second-order valence-corrected chi connectivity index (χ2v) is 3.46. The van der Waals surface area contributed by atoms with E-state index in [0.29, 0.717) is 0 Å². The van der Waals surface area contributed by atoms with Crippen LogP contribution in [0, 0.1) is 0 Å². The maximum absolute atomic E-state index is 13.6. The van der Waals surface area contributed by atoms with Gasteiger partial charge in [-0.3, -0.25) is 4.94 Å². The highest BCUT2D eigenvalue weighted by Gasteiger charge is 2.83. The van der Waals surface area contributed by atoms with Gasteiger partial charge in [-0.05, 0) is 4.53 Å². The molecule has 0 heterocycles. The summed E-state index contributed by atoms with van der Waals surface area (Å²) in [4.78, 5) is 37.6. The van der Waals surface area contributed by atoms with Crippen LogP contribution in [0.5, 0.6) is 0 Å². The molecular weight excluding hydrogens is 334 g/mol. The second kappa shape index (κ2) is 5.70. The van der Waals surface area contributed by atoms with Crippen molar-refractivity contribution in [2.45, 2.75) is 16.7 Å². The van der Waals surface area contributed by atoms with Gasteiger partial charge in [-0.2, -0.15) is 13.7 Å². The van der Waals surface area contributed by atoms with E-state index in [1.165, 1.54) is 0 Å². The minimum Gasteiger partial charge on any atom is -0.477 e. The van der Waals surface area contributed by atoms with Crippen molar-refractivity contribution < 1.29 is 61.1 Å². The summed E-state index contributed by atoms with van der Waals surface area (Å²) < 4.78 is 75.4. The van der Waals surface area contributed by atoms with E-state index in [4.69, 9.17) is 5.11 Å². The van der Waals surface area contributed by atoms with Crippen molar-refractivity contribution >= 4 is 29.5 Å². The largest absolute Gasteiger partial charge is 0.477 e. The highest BCUT2D eigenvalue weighted by atomic mass is 35.5. The molecule has 0 saturated carbocycles. The number of rotatable bonds is 6. The number of halogens is 7. The van der Waals surface area contributed by atoms with E-state index < -0.39 is 34.6 Å². The number of alkyl halides is 4. The van der Waals surface area contributed by atoms with Crippen LogP contribution in [0.25, 0.3) is 0 Å². The fourth-order valence-electron chi connectivity index (χ4n) is 0.979. The zero-order valence-electron chi connectivity index (χ0n) is 8.54. The summed E-state index contributed by atoms with van der Waals surface area (Å²) in [5, 5.41) is 2.73. The molecule has 0 fully saturated rings. The molecule has 0 saturated heterocycles. The number of carboxylic acid groups (broad SMARTS) is 1. The molecule has 20 heavy (non-hydrogen) atoms. The number of hydrogen-bond donors (Lipinski definition) is 1. The Labute approximate surface area is 108 Å². The Balaban J connectivity index is 6.43. The SMILES string of the molecule is O=C(O)C(F)(F)C(OF)(C(=O)OF)C(F)(Cl)C(=O)OF. The lowest BCUT2D eigenvalue weighted by Crippen LogP contribution is -2.70. The molecule has 0 aliphatic rings. The van der Waals surface area contributed by atoms with Crippen LogP contribution >= 0.6 is 11.6 Å². The molecular formula is C6HClF6O7. The van der Waals surface area contributed by atoms with Crippen molar-refractivity contribution in [3.05, 3.63) is 0 Å². The maximum Gasteiger partial charge on any atom is 0.405 e. The van der Waals surface area contributed by atoms with Crippen LogP contribution in [-0.4, -0.2) is 39.7 Å². The van der Waals surface area contributed by atoms with Crippen LogP contribution in [0.15, 0.2) is 0 Å². The predicted octanol–water partition coefficient (Wildman–Crippen LogP) is 1.11. The Bertz CT molecular complexity index is 428. The van der Waals surface area contributed by atoms with Crippen LogP contribution in [0.3, 0.4) is 0 Å². The fourth-order valence-corrected chi connectivity index (χ4v) is 1.23. The normalized spacial score (nSPS) is 17.6. The highest BCUT2D eigenvalue weighted by Crippen LogP contribution is 2.47. The van der Waals surface area contributed by atoms with E-state index in [2.05, 4.69) is 16.5 Å². The van der Waals surface area contributed by atoms with Crippen LogP contribution in [-0.2, 0) is 29.2 Å². The zero-order valence-corrected chi connectivity index (χ0v) is 9.30. The number of carboxylic acids is 1. The first-order chi connectivity index (χ1) is 8.97. The average Bonchev–Trinajstić information content (AvgIpc) is 2.37. The van der Waals surface area contributed by atoms with Gasteiger partial charge in [0.25, 0.3) is 0 Å². The van der Waals surface area contributed by atoms with Gasteiger partial charge in [-0.15, -0.1) is 0 Å². The smallest absolute Gasteiger partial charge is 0.405 e. The Kier molecular flexibility index (Phi) is 5.20. The lowest BCUT2D eigenvalue weighted by molar-refractivity contribution is -0.336. The van der Waals surface area contributed by atoms with Crippen molar-refractivity contribution in [3.8, 4) is 0 Å². The lowest BCUT2D eigenvalue weighted by Gasteiger charge is -2.34. The number of carbonyl (C=O) groups is 3. The first-order valence-electron chi connectivity index (χ1n) is 3.92. The van der Waals surface area contributed by atoms with Gasteiger partial charge in [-0.25, -0.2) is 23.7 Å². The third kappa shape index (κ3) is 2.22. The van der Waals surface area contributed by atoms with Gasteiger partial charge in [0.1, 0.15) is 0 Å². The highest BCUT2D eigenvalue weighted by molar-refractivity contribution is 6.35. The van der Waals surface area contributed by atoms with E-state index in [9.17, 15) is 41.1 Å². The van der Waals surface area contributed by atoms with Gasteiger partial charge in [-0.1, -0.05) is 11.6 Å². The Morgan fingerprint density at radius 1 is 0.950 bits per heavy atom. The lowest BCUT2D eigenvalue weighted by atomic mass is 9.89. The van der Waals surface area contributed by atoms with Gasteiger partial charge in [0, 0.05) is 9.05 Å². The minimum atomic E-state index is -6.02.